The highest BCUT2D eigenvalue weighted by atomic mass is 79.9. The third kappa shape index (κ3) is 3.40. The Labute approximate surface area is 157 Å². The highest BCUT2D eigenvalue weighted by Gasteiger charge is 2.34. The lowest BCUT2D eigenvalue weighted by Gasteiger charge is -2.28. The number of carbonyl (C=O) groups is 2. The molecule has 1 fully saturated rings. The van der Waals surface area contributed by atoms with Crippen molar-refractivity contribution in [3.63, 3.8) is 0 Å². The summed E-state index contributed by atoms with van der Waals surface area (Å²) in [6, 6.07) is 13.9. The summed E-state index contributed by atoms with van der Waals surface area (Å²) < 4.78 is 0.852. The summed E-state index contributed by atoms with van der Waals surface area (Å²) in [6.07, 6.45) is 1.53. The molecule has 2 aromatic carbocycles. The molecule has 0 saturated carbocycles. The van der Waals surface area contributed by atoms with Gasteiger partial charge in [0.1, 0.15) is 5.57 Å². The summed E-state index contributed by atoms with van der Waals surface area (Å²) in [5.41, 5.74) is 1.28. The van der Waals surface area contributed by atoms with Gasteiger partial charge < -0.3 is 0 Å². The molecule has 24 heavy (non-hydrogen) atoms. The third-order valence-corrected chi connectivity index (χ3v) is 4.38. The first-order valence-electron chi connectivity index (χ1n) is 6.88. The number of halogens is 2. The van der Waals surface area contributed by atoms with Crippen molar-refractivity contribution in [2.45, 2.75) is 0 Å². The van der Waals surface area contributed by atoms with Gasteiger partial charge in [-0.3, -0.25) is 19.8 Å². The summed E-state index contributed by atoms with van der Waals surface area (Å²) >= 11 is 14.4. The molecule has 1 N–H and O–H groups in total. The fourth-order valence-corrected chi connectivity index (χ4v) is 3.07. The maximum atomic E-state index is 12.8. The van der Waals surface area contributed by atoms with E-state index in [1.54, 1.807) is 30.3 Å². The van der Waals surface area contributed by atoms with Crippen LogP contribution in [0.4, 0.5) is 5.69 Å². The summed E-state index contributed by atoms with van der Waals surface area (Å²) in [5.74, 6) is -0.999. The highest BCUT2D eigenvalue weighted by Crippen LogP contribution is 2.24. The van der Waals surface area contributed by atoms with E-state index in [0.29, 0.717) is 10.7 Å². The van der Waals surface area contributed by atoms with E-state index in [1.165, 1.54) is 11.0 Å². The molecule has 2 amide bonds. The van der Waals surface area contributed by atoms with Gasteiger partial charge in [-0.15, -0.1) is 0 Å². The van der Waals surface area contributed by atoms with Crippen LogP contribution in [0.15, 0.2) is 58.6 Å². The molecule has 0 spiro atoms. The van der Waals surface area contributed by atoms with Gasteiger partial charge in [0, 0.05) is 9.50 Å². The normalized spacial score (nSPS) is 16.5. The minimum Gasteiger partial charge on any atom is -0.298 e. The number of nitrogens with one attached hydrogen (secondary N) is 1. The molecule has 4 nitrogen and oxygen atoms in total. The average Bonchev–Trinajstić information content (AvgIpc) is 2.53. The van der Waals surface area contributed by atoms with Gasteiger partial charge in [-0.25, -0.2) is 0 Å². The first-order chi connectivity index (χ1) is 11.5. The summed E-state index contributed by atoms with van der Waals surface area (Å²) in [5, 5.41) is 3.13. The fourth-order valence-electron chi connectivity index (χ4n) is 2.25. The van der Waals surface area contributed by atoms with Gasteiger partial charge in [0.15, 0.2) is 5.11 Å². The van der Waals surface area contributed by atoms with Crippen molar-refractivity contribution in [3.05, 3.63) is 69.2 Å². The van der Waals surface area contributed by atoms with Crippen molar-refractivity contribution in [2.24, 2.45) is 0 Å². The number of anilines is 1. The van der Waals surface area contributed by atoms with Gasteiger partial charge in [-0.05, 0) is 60.3 Å². The molecule has 1 saturated heterocycles. The van der Waals surface area contributed by atoms with Crippen molar-refractivity contribution in [1.82, 2.24) is 5.32 Å². The van der Waals surface area contributed by atoms with Crippen LogP contribution in [-0.4, -0.2) is 16.9 Å². The summed E-state index contributed by atoms with van der Waals surface area (Å²) in [4.78, 5) is 26.2. The summed E-state index contributed by atoms with van der Waals surface area (Å²) in [7, 11) is 0. The molecular formula is C17H10BrClN2O2S. The number of carbonyl (C=O) groups excluding carboxylic acids is 2. The molecule has 1 aliphatic heterocycles. The number of hydrogen-bond acceptors (Lipinski definition) is 3. The standard InChI is InChI=1S/C17H10BrClN2O2S/c18-11-3-1-2-10(8-11)9-14-15(22)20-17(24)21(16(14)23)13-6-4-12(19)5-7-13/h1-9H,(H,20,22,24). The molecule has 0 unspecified atom stereocenters. The molecule has 1 heterocycles. The number of benzene rings is 2. The van der Waals surface area contributed by atoms with Gasteiger partial charge in [-0.1, -0.05) is 39.7 Å². The zero-order valence-corrected chi connectivity index (χ0v) is 15.3. The lowest BCUT2D eigenvalue weighted by Crippen LogP contribution is -2.54. The van der Waals surface area contributed by atoms with Crippen LogP contribution in [-0.2, 0) is 9.59 Å². The summed E-state index contributed by atoms with van der Waals surface area (Å²) in [6.45, 7) is 0. The second-order valence-corrected chi connectivity index (χ2v) is 6.73. The first kappa shape index (κ1) is 16.8. The molecule has 3 rings (SSSR count). The topological polar surface area (TPSA) is 49.4 Å². The Morgan fingerprint density at radius 2 is 1.83 bits per heavy atom. The number of nitrogens with zero attached hydrogens (tertiary/aromatic N) is 1. The molecule has 7 heteroatoms. The number of hydrogen-bond donors (Lipinski definition) is 1. The van der Waals surface area contributed by atoms with E-state index >= 15 is 0 Å². The van der Waals surface area contributed by atoms with Crippen molar-refractivity contribution < 1.29 is 9.59 Å². The van der Waals surface area contributed by atoms with Crippen LogP contribution >= 0.6 is 39.7 Å². The van der Waals surface area contributed by atoms with Gasteiger partial charge in [0.05, 0.1) is 5.69 Å². The quantitative estimate of drug-likeness (QED) is 0.454. The van der Waals surface area contributed by atoms with Crippen molar-refractivity contribution in [2.75, 3.05) is 4.90 Å². The fraction of sp³-hybridized carbons (Fsp3) is 0. The van der Waals surface area contributed by atoms with E-state index in [4.69, 9.17) is 23.8 Å². The monoisotopic (exact) mass is 420 g/mol. The molecule has 0 aliphatic carbocycles. The largest absolute Gasteiger partial charge is 0.298 e. The zero-order chi connectivity index (χ0) is 17.3. The van der Waals surface area contributed by atoms with Crippen LogP contribution in [0, 0.1) is 0 Å². The van der Waals surface area contributed by atoms with Crippen LogP contribution in [0.3, 0.4) is 0 Å². The lowest BCUT2D eigenvalue weighted by atomic mass is 10.1. The van der Waals surface area contributed by atoms with Crippen molar-refractivity contribution in [1.29, 1.82) is 0 Å². The molecular weight excluding hydrogens is 412 g/mol. The van der Waals surface area contributed by atoms with E-state index in [9.17, 15) is 9.59 Å². The second-order valence-electron chi connectivity index (χ2n) is 4.99. The van der Waals surface area contributed by atoms with Gasteiger partial charge in [0.25, 0.3) is 11.8 Å². The first-order valence-corrected chi connectivity index (χ1v) is 8.46. The maximum absolute atomic E-state index is 12.8. The predicted molar refractivity (Wildman–Crippen MR) is 102 cm³/mol. The van der Waals surface area contributed by atoms with Crippen LogP contribution < -0.4 is 10.2 Å². The highest BCUT2D eigenvalue weighted by molar-refractivity contribution is 9.10. The Balaban J connectivity index is 2.01. The second kappa shape index (κ2) is 6.84. The van der Waals surface area contributed by atoms with Gasteiger partial charge in [-0.2, -0.15) is 0 Å². The van der Waals surface area contributed by atoms with Crippen LogP contribution in [0.5, 0.6) is 0 Å². The van der Waals surface area contributed by atoms with Crippen molar-refractivity contribution in [3.8, 4) is 0 Å². The van der Waals surface area contributed by atoms with E-state index in [1.807, 2.05) is 18.2 Å². The average molecular weight is 422 g/mol. The molecule has 0 atom stereocenters. The molecule has 1 aliphatic rings. The Bertz CT molecular complexity index is 880. The van der Waals surface area contributed by atoms with Gasteiger partial charge >= 0.3 is 0 Å². The Hall–Kier alpha value is -2.02. The Morgan fingerprint density at radius 1 is 1.12 bits per heavy atom. The van der Waals surface area contributed by atoms with E-state index < -0.39 is 11.8 Å². The maximum Gasteiger partial charge on any atom is 0.270 e. The Kier molecular flexibility index (Phi) is 4.80. The molecule has 0 bridgehead atoms. The predicted octanol–water partition coefficient (Wildman–Crippen LogP) is 3.93. The number of amides is 2. The number of thiocarbonyl (C=S) groups is 1. The third-order valence-electron chi connectivity index (χ3n) is 3.35. The van der Waals surface area contributed by atoms with Crippen molar-refractivity contribution >= 4 is 68.4 Å². The van der Waals surface area contributed by atoms with Crippen LogP contribution in [0.1, 0.15) is 5.56 Å². The van der Waals surface area contributed by atoms with E-state index in [0.717, 1.165) is 10.0 Å². The van der Waals surface area contributed by atoms with Gasteiger partial charge in [0.2, 0.25) is 0 Å². The minimum atomic E-state index is -0.518. The minimum absolute atomic E-state index is 0.0108. The molecule has 2 aromatic rings. The smallest absolute Gasteiger partial charge is 0.270 e. The van der Waals surface area contributed by atoms with Crippen LogP contribution in [0.2, 0.25) is 5.02 Å². The van der Waals surface area contributed by atoms with E-state index in [-0.39, 0.29) is 10.7 Å². The molecule has 0 radical (unpaired) electrons. The van der Waals surface area contributed by atoms with E-state index in [2.05, 4.69) is 21.2 Å². The Morgan fingerprint density at radius 3 is 2.50 bits per heavy atom. The lowest BCUT2D eigenvalue weighted by molar-refractivity contribution is -0.122. The molecule has 0 aromatic heterocycles. The van der Waals surface area contributed by atoms with Crippen LogP contribution in [0.25, 0.3) is 6.08 Å². The zero-order valence-electron chi connectivity index (χ0n) is 12.1. The number of rotatable bonds is 2. The SMILES string of the molecule is O=C1NC(=S)N(c2ccc(Cl)cc2)C(=O)C1=Cc1cccc(Br)c1. The molecule has 120 valence electrons.